The summed E-state index contributed by atoms with van der Waals surface area (Å²) in [6, 6.07) is 5.36. The second-order valence-corrected chi connectivity index (χ2v) is 6.54. The van der Waals surface area contributed by atoms with E-state index in [9.17, 15) is 13.2 Å². The van der Waals surface area contributed by atoms with Crippen molar-refractivity contribution in [3.63, 3.8) is 0 Å². The van der Waals surface area contributed by atoms with E-state index in [4.69, 9.17) is 5.11 Å². The van der Waals surface area contributed by atoms with E-state index in [1.807, 2.05) is 6.92 Å². The minimum atomic E-state index is -3.53. The Balaban J connectivity index is 2.17. The summed E-state index contributed by atoms with van der Waals surface area (Å²) in [4.78, 5) is 10.9. The fourth-order valence-corrected chi connectivity index (χ4v) is 3.00. The molecule has 20 heavy (non-hydrogen) atoms. The van der Waals surface area contributed by atoms with Crippen LogP contribution in [0.4, 0.5) is 0 Å². The number of aryl methyl sites for hydroxylation is 2. The quantitative estimate of drug-likeness (QED) is 0.899. The van der Waals surface area contributed by atoms with Crippen molar-refractivity contribution in [2.24, 2.45) is 0 Å². The molecule has 7 heteroatoms. The van der Waals surface area contributed by atoms with Crippen LogP contribution in [0.15, 0.2) is 41.6 Å². The standard InChI is InChI=1S/C13H14N2O4S/c1-10-8-14-15(9-10)5-6-20(18,19)12-4-2-3-11(7-12)13(16)17/h2-4,7-9H,5-6H2,1H3,(H,16,17). The first-order valence-electron chi connectivity index (χ1n) is 5.94. The summed E-state index contributed by atoms with van der Waals surface area (Å²) in [5.74, 6) is -1.28. The lowest BCUT2D eigenvalue weighted by atomic mass is 10.2. The molecule has 0 saturated carbocycles. The number of aromatic nitrogens is 2. The van der Waals surface area contributed by atoms with E-state index in [-0.39, 0.29) is 22.8 Å². The molecule has 1 heterocycles. The molecule has 2 aromatic rings. The highest BCUT2D eigenvalue weighted by molar-refractivity contribution is 7.91. The number of nitrogens with zero attached hydrogens (tertiary/aromatic N) is 2. The number of hydrogen-bond donors (Lipinski definition) is 1. The maximum absolute atomic E-state index is 12.2. The number of aromatic carboxylic acids is 1. The van der Waals surface area contributed by atoms with Crippen molar-refractivity contribution >= 4 is 15.8 Å². The van der Waals surface area contributed by atoms with Gasteiger partial charge in [-0.05, 0) is 30.7 Å². The van der Waals surface area contributed by atoms with Crippen LogP contribution in [0.2, 0.25) is 0 Å². The third kappa shape index (κ3) is 3.24. The van der Waals surface area contributed by atoms with E-state index in [0.29, 0.717) is 0 Å². The highest BCUT2D eigenvalue weighted by Gasteiger charge is 2.16. The lowest BCUT2D eigenvalue weighted by Crippen LogP contribution is -2.14. The van der Waals surface area contributed by atoms with E-state index in [2.05, 4.69) is 5.10 Å². The zero-order valence-corrected chi connectivity index (χ0v) is 11.7. The SMILES string of the molecule is Cc1cnn(CCS(=O)(=O)c2cccc(C(=O)O)c2)c1. The van der Waals surface area contributed by atoms with Crippen molar-refractivity contribution in [3.8, 4) is 0 Å². The lowest BCUT2D eigenvalue weighted by molar-refractivity contribution is 0.0696. The Kier molecular flexibility index (Phi) is 3.89. The normalized spacial score (nSPS) is 11.4. The monoisotopic (exact) mass is 294 g/mol. The smallest absolute Gasteiger partial charge is 0.335 e. The van der Waals surface area contributed by atoms with E-state index >= 15 is 0 Å². The topological polar surface area (TPSA) is 89.3 Å². The Hall–Kier alpha value is -2.15. The number of hydrogen-bond acceptors (Lipinski definition) is 4. The molecule has 0 spiro atoms. The number of sulfone groups is 1. The zero-order chi connectivity index (χ0) is 14.8. The molecule has 0 atom stereocenters. The zero-order valence-electron chi connectivity index (χ0n) is 10.9. The molecule has 1 N–H and O–H groups in total. The van der Waals surface area contributed by atoms with Gasteiger partial charge in [0.25, 0.3) is 0 Å². The summed E-state index contributed by atoms with van der Waals surface area (Å²) >= 11 is 0. The Morgan fingerprint density at radius 1 is 1.40 bits per heavy atom. The molecule has 0 aliphatic heterocycles. The van der Waals surface area contributed by atoms with Gasteiger partial charge in [-0.1, -0.05) is 6.07 Å². The Morgan fingerprint density at radius 2 is 2.15 bits per heavy atom. The Morgan fingerprint density at radius 3 is 2.75 bits per heavy atom. The van der Waals surface area contributed by atoms with Crippen LogP contribution in [-0.2, 0) is 16.4 Å². The molecule has 1 aromatic carbocycles. The van der Waals surface area contributed by atoms with Gasteiger partial charge in [-0.15, -0.1) is 0 Å². The predicted molar refractivity (Wildman–Crippen MR) is 72.4 cm³/mol. The van der Waals surface area contributed by atoms with Crippen LogP contribution in [0.5, 0.6) is 0 Å². The molecule has 6 nitrogen and oxygen atoms in total. The minimum absolute atomic E-state index is 0.0151. The van der Waals surface area contributed by atoms with Crippen molar-refractivity contribution in [3.05, 3.63) is 47.8 Å². The summed E-state index contributed by atoms with van der Waals surface area (Å²) in [5, 5.41) is 12.9. The van der Waals surface area contributed by atoms with Gasteiger partial charge in [0, 0.05) is 6.20 Å². The molecular formula is C13H14N2O4S. The van der Waals surface area contributed by atoms with Crippen molar-refractivity contribution < 1.29 is 18.3 Å². The Bertz CT molecular complexity index is 734. The van der Waals surface area contributed by atoms with Crippen LogP contribution in [0, 0.1) is 6.92 Å². The minimum Gasteiger partial charge on any atom is -0.478 e. The van der Waals surface area contributed by atoms with Crippen LogP contribution < -0.4 is 0 Å². The van der Waals surface area contributed by atoms with Crippen LogP contribution in [0.3, 0.4) is 0 Å². The van der Waals surface area contributed by atoms with Gasteiger partial charge >= 0.3 is 5.97 Å². The molecule has 0 radical (unpaired) electrons. The van der Waals surface area contributed by atoms with Crippen molar-refractivity contribution in [2.45, 2.75) is 18.4 Å². The lowest BCUT2D eigenvalue weighted by Gasteiger charge is -2.05. The van der Waals surface area contributed by atoms with Gasteiger partial charge < -0.3 is 5.11 Å². The average molecular weight is 294 g/mol. The summed E-state index contributed by atoms with van der Waals surface area (Å²) in [6.45, 7) is 2.10. The molecule has 0 aliphatic rings. The van der Waals surface area contributed by atoms with Crippen molar-refractivity contribution in [1.29, 1.82) is 0 Å². The number of carbonyl (C=O) groups is 1. The third-order valence-corrected chi connectivity index (χ3v) is 4.48. The number of rotatable bonds is 5. The molecular weight excluding hydrogens is 280 g/mol. The second kappa shape index (κ2) is 5.46. The summed E-state index contributed by atoms with van der Waals surface area (Å²) in [7, 11) is -3.53. The molecule has 0 amide bonds. The molecule has 106 valence electrons. The summed E-state index contributed by atoms with van der Waals surface area (Å²) < 4.78 is 25.9. The number of carboxylic acids is 1. The Labute approximate surface area is 116 Å². The number of carboxylic acid groups (broad SMARTS) is 1. The van der Waals surface area contributed by atoms with Gasteiger partial charge in [-0.2, -0.15) is 5.10 Å². The maximum Gasteiger partial charge on any atom is 0.335 e. The fraction of sp³-hybridized carbons (Fsp3) is 0.231. The van der Waals surface area contributed by atoms with E-state index in [1.165, 1.54) is 24.3 Å². The van der Waals surface area contributed by atoms with Crippen molar-refractivity contribution in [2.75, 3.05) is 5.75 Å². The third-order valence-electron chi connectivity index (χ3n) is 2.79. The summed E-state index contributed by atoms with van der Waals surface area (Å²) in [5.41, 5.74) is 0.913. The van der Waals surface area contributed by atoms with Gasteiger partial charge in [-0.3, -0.25) is 4.68 Å². The highest BCUT2D eigenvalue weighted by atomic mass is 32.2. The fourth-order valence-electron chi connectivity index (χ4n) is 1.74. The largest absolute Gasteiger partial charge is 0.478 e. The van der Waals surface area contributed by atoms with Crippen LogP contribution >= 0.6 is 0 Å². The molecule has 0 unspecified atom stereocenters. The van der Waals surface area contributed by atoms with E-state index < -0.39 is 15.8 Å². The first kappa shape index (κ1) is 14.3. The van der Waals surface area contributed by atoms with Crippen LogP contribution in [-0.4, -0.2) is 35.0 Å². The maximum atomic E-state index is 12.2. The van der Waals surface area contributed by atoms with Gasteiger partial charge in [0.05, 0.1) is 29.0 Å². The molecule has 0 saturated heterocycles. The summed E-state index contributed by atoms with van der Waals surface area (Å²) in [6.07, 6.45) is 3.40. The first-order valence-corrected chi connectivity index (χ1v) is 7.59. The number of benzene rings is 1. The van der Waals surface area contributed by atoms with Gasteiger partial charge in [-0.25, -0.2) is 13.2 Å². The van der Waals surface area contributed by atoms with Crippen LogP contribution in [0.25, 0.3) is 0 Å². The van der Waals surface area contributed by atoms with Crippen LogP contribution in [0.1, 0.15) is 15.9 Å². The van der Waals surface area contributed by atoms with Gasteiger partial charge in [0.1, 0.15) is 0 Å². The molecule has 0 bridgehead atoms. The van der Waals surface area contributed by atoms with E-state index in [0.717, 1.165) is 5.56 Å². The first-order chi connectivity index (χ1) is 9.38. The predicted octanol–water partition coefficient (Wildman–Crippen LogP) is 1.36. The van der Waals surface area contributed by atoms with Gasteiger partial charge in [0.15, 0.2) is 9.84 Å². The average Bonchev–Trinajstić information content (AvgIpc) is 2.82. The molecule has 0 aliphatic carbocycles. The second-order valence-electron chi connectivity index (χ2n) is 4.43. The molecule has 1 aromatic heterocycles. The molecule has 0 fully saturated rings. The molecule has 2 rings (SSSR count). The highest BCUT2D eigenvalue weighted by Crippen LogP contribution is 2.14. The van der Waals surface area contributed by atoms with Crippen molar-refractivity contribution in [1.82, 2.24) is 9.78 Å². The van der Waals surface area contributed by atoms with E-state index in [1.54, 1.807) is 17.1 Å². The van der Waals surface area contributed by atoms with Gasteiger partial charge in [0.2, 0.25) is 0 Å².